The van der Waals surface area contributed by atoms with Crippen LogP contribution < -0.4 is 0 Å². The van der Waals surface area contributed by atoms with Crippen LogP contribution >= 0.6 is 11.8 Å². The van der Waals surface area contributed by atoms with Crippen LogP contribution in [-0.2, 0) is 0 Å². The van der Waals surface area contributed by atoms with Gasteiger partial charge in [-0.05, 0) is 30.0 Å². The van der Waals surface area contributed by atoms with E-state index in [1.54, 1.807) is 0 Å². The third-order valence-electron chi connectivity index (χ3n) is 1.66. The van der Waals surface area contributed by atoms with Gasteiger partial charge in [-0.15, -0.1) is 0 Å². The van der Waals surface area contributed by atoms with Crippen molar-refractivity contribution in [3.8, 4) is 11.8 Å². The Morgan fingerprint density at radius 1 is 1.24 bits per heavy atom. The maximum Gasteiger partial charge on any atom is 0.446 e. The first-order chi connectivity index (χ1) is 7.78. The molecule has 92 valence electrons. The predicted molar refractivity (Wildman–Crippen MR) is 60.0 cm³/mol. The summed E-state index contributed by atoms with van der Waals surface area (Å²) in [5, 5.41) is 0. The van der Waals surface area contributed by atoms with Crippen LogP contribution in [0.2, 0.25) is 0 Å². The lowest BCUT2D eigenvalue weighted by Gasteiger charge is -2.07. The molecule has 0 saturated heterocycles. The molecule has 0 nitrogen and oxygen atoms in total. The van der Waals surface area contributed by atoms with Crippen LogP contribution in [-0.4, -0.2) is 5.51 Å². The second kappa shape index (κ2) is 5.46. The van der Waals surface area contributed by atoms with E-state index in [1.165, 1.54) is 6.07 Å². The minimum Gasteiger partial charge on any atom is -0.207 e. The van der Waals surface area contributed by atoms with Crippen LogP contribution in [0.5, 0.6) is 0 Å². The van der Waals surface area contributed by atoms with Gasteiger partial charge in [-0.1, -0.05) is 25.7 Å². The largest absolute Gasteiger partial charge is 0.446 e. The zero-order valence-electron chi connectivity index (χ0n) is 9.23. The van der Waals surface area contributed by atoms with Gasteiger partial charge in [-0.2, -0.15) is 13.2 Å². The molecule has 0 bridgehead atoms. The summed E-state index contributed by atoms with van der Waals surface area (Å²) in [5.74, 6) is 4.72. The molecule has 0 aliphatic heterocycles. The van der Waals surface area contributed by atoms with Crippen LogP contribution in [0.25, 0.3) is 0 Å². The monoisotopic (exact) mass is 262 g/mol. The lowest BCUT2D eigenvalue weighted by atomic mass is 10.2. The fraction of sp³-hybridized carbons (Fsp3) is 0.333. The minimum absolute atomic E-state index is 0.0452. The quantitative estimate of drug-likeness (QED) is 0.409. The topological polar surface area (TPSA) is 0 Å². The van der Waals surface area contributed by atoms with Crippen molar-refractivity contribution in [1.29, 1.82) is 0 Å². The SMILES string of the molecule is CC(C)C#Cc1ccc(F)cc1SC(F)(F)F. The summed E-state index contributed by atoms with van der Waals surface area (Å²) in [6, 6.07) is 3.21. The van der Waals surface area contributed by atoms with Gasteiger partial charge in [-0.25, -0.2) is 4.39 Å². The highest BCUT2D eigenvalue weighted by Gasteiger charge is 2.30. The van der Waals surface area contributed by atoms with E-state index in [4.69, 9.17) is 0 Å². The van der Waals surface area contributed by atoms with E-state index in [0.29, 0.717) is 0 Å². The number of thioether (sulfide) groups is 1. The lowest BCUT2D eigenvalue weighted by Crippen LogP contribution is -2.00. The molecule has 0 unspecified atom stereocenters. The highest BCUT2D eigenvalue weighted by Crippen LogP contribution is 2.38. The van der Waals surface area contributed by atoms with Crippen LogP contribution in [0.15, 0.2) is 23.1 Å². The lowest BCUT2D eigenvalue weighted by molar-refractivity contribution is -0.0328. The van der Waals surface area contributed by atoms with Crippen molar-refractivity contribution < 1.29 is 17.6 Å². The van der Waals surface area contributed by atoms with Crippen molar-refractivity contribution in [3.05, 3.63) is 29.6 Å². The number of hydrogen-bond donors (Lipinski definition) is 0. The van der Waals surface area contributed by atoms with Gasteiger partial charge in [0.2, 0.25) is 0 Å². The number of hydrogen-bond acceptors (Lipinski definition) is 1. The standard InChI is InChI=1S/C12H10F4S/c1-8(2)3-4-9-5-6-10(13)7-11(9)17-12(14,15)16/h5-8H,1-2H3. The highest BCUT2D eigenvalue weighted by molar-refractivity contribution is 8.00. The molecule has 0 N–H and O–H groups in total. The van der Waals surface area contributed by atoms with Crippen LogP contribution in [0.4, 0.5) is 17.6 Å². The molecule has 5 heteroatoms. The Morgan fingerprint density at radius 2 is 1.88 bits per heavy atom. The Balaban J connectivity index is 3.10. The normalized spacial score (nSPS) is 11.2. The van der Waals surface area contributed by atoms with E-state index in [-0.39, 0.29) is 28.1 Å². The van der Waals surface area contributed by atoms with Gasteiger partial charge in [0.05, 0.1) is 0 Å². The van der Waals surface area contributed by atoms with Crippen molar-refractivity contribution in [3.63, 3.8) is 0 Å². The molecule has 0 aliphatic rings. The molecular formula is C12H10F4S. The highest BCUT2D eigenvalue weighted by atomic mass is 32.2. The van der Waals surface area contributed by atoms with Crippen molar-refractivity contribution in [2.75, 3.05) is 0 Å². The molecule has 0 saturated carbocycles. The minimum atomic E-state index is -4.44. The summed E-state index contributed by atoms with van der Waals surface area (Å²) >= 11 is -0.349. The van der Waals surface area contributed by atoms with Gasteiger partial charge in [-0.3, -0.25) is 0 Å². The average molecular weight is 262 g/mol. The van der Waals surface area contributed by atoms with Crippen molar-refractivity contribution >= 4 is 11.8 Å². The molecular weight excluding hydrogens is 252 g/mol. The Morgan fingerprint density at radius 3 is 2.41 bits per heavy atom. The average Bonchev–Trinajstić information content (AvgIpc) is 2.13. The maximum absolute atomic E-state index is 12.9. The van der Waals surface area contributed by atoms with Crippen LogP contribution in [0.1, 0.15) is 19.4 Å². The zero-order chi connectivity index (χ0) is 13.1. The molecule has 0 spiro atoms. The third-order valence-corrected chi connectivity index (χ3v) is 2.45. The smallest absolute Gasteiger partial charge is 0.207 e. The van der Waals surface area contributed by atoms with Gasteiger partial charge >= 0.3 is 5.51 Å². The van der Waals surface area contributed by atoms with E-state index in [9.17, 15) is 17.6 Å². The molecule has 0 atom stereocenters. The van der Waals surface area contributed by atoms with Gasteiger partial charge in [0, 0.05) is 16.4 Å². The van der Waals surface area contributed by atoms with E-state index < -0.39 is 11.3 Å². The maximum atomic E-state index is 12.9. The van der Waals surface area contributed by atoms with Crippen molar-refractivity contribution in [1.82, 2.24) is 0 Å². The second-order valence-electron chi connectivity index (χ2n) is 3.61. The number of alkyl halides is 3. The number of benzene rings is 1. The molecule has 0 aliphatic carbocycles. The van der Waals surface area contributed by atoms with Crippen LogP contribution in [0.3, 0.4) is 0 Å². The van der Waals surface area contributed by atoms with Gasteiger partial charge in [0.1, 0.15) is 5.82 Å². The molecule has 1 aromatic carbocycles. The fourth-order valence-corrected chi connectivity index (χ4v) is 1.68. The van der Waals surface area contributed by atoms with E-state index >= 15 is 0 Å². The summed E-state index contributed by atoms with van der Waals surface area (Å²) in [7, 11) is 0. The predicted octanol–water partition coefficient (Wildman–Crippen LogP) is 4.45. The Kier molecular flexibility index (Phi) is 4.47. The molecule has 0 fully saturated rings. The van der Waals surface area contributed by atoms with Gasteiger partial charge in [0.15, 0.2) is 0 Å². The fourth-order valence-electron chi connectivity index (χ4n) is 1.03. The first kappa shape index (κ1) is 13.9. The molecule has 1 aromatic rings. The summed E-state index contributed by atoms with van der Waals surface area (Å²) < 4.78 is 49.6. The first-order valence-corrected chi connectivity index (χ1v) is 5.66. The molecule has 0 aromatic heterocycles. The molecule has 17 heavy (non-hydrogen) atoms. The number of halogens is 4. The first-order valence-electron chi connectivity index (χ1n) is 4.85. The molecule has 0 heterocycles. The van der Waals surface area contributed by atoms with Gasteiger partial charge < -0.3 is 0 Å². The molecule has 0 radical (unpaired) electrons. The van der Waals surface area contributed by atoms with E-state index in [2.05, 4.69) is 11.8 Å². The van der Waals surface area contributed by atoms with Crippen LogP contribution in [0, 0.1) is 23.6 Å². The third kappa shape index (κ3) is 5.14. The summed E-state index contributed by atoms with van der Waals surface area (Å²) in [5.41, 5.74) is -4.25. The second-order valence-corrected chi connectivity index (χ2v) is 4.72. The molecule has 0 amide bonds. The van der Waals surface area contributed by atoms with Crippen molar-refractivity contribution in [2.24, 2.45) is 5.92 Å². The Labute approximate surface area is 101 Å². The summed E-state index contributed by atoms with van der Waals surface area (Å²) in [6.07, 6.45) is 0. The van der Waals surface area contributed by atoms with Gasteiger partial charge in [0.25, 0.3) is 0 Å². The zero-order valence-corrected chi connectivity index (χ0v) is 10.0. The number of rotatable bonds is 1. The van der Waals surface area contributed by atoms with E-state index in [1.807, 2.05) is 13.8 Å². The Hall–Kier alpha value is -1.15. The molecule has 1 rings (SSSR count). The summed E-state index contributed by atoms with van der Waals surface area (Å²) in [6.45, 7) is 3.65. The van der Waals surface area contributed by atoms with Crippen molar-refractivity contribution in [2.45, 2.75) is 24.3 Å². The van der Waals surface area contributed by atoms with E-state index in [0.717, 1.165) is 12.1 Å². The summed E-state index contributed by atoms with van der Waals surface area (Å²) in [4.78, 5) is -0.203. The Bertz CT molecular complexity index is 452.